The third kappa shape index (κ3) is 58.7. The number of rotatable bonds is 61. The van der Waals surface area contributed by atoms with Crippen molar-refractivity contribution in [1.82, 2.24) is 5.32 Å². The molecule has 74 heavy (non-hydrogen) atoms. The van der Waals surface area contributed by atoms with Gasteiger partial charge in [-0.15, -0.1) is 0 Å². The van der Waals surface area contributed by atoms with Crippen molar-refractivity contribution in [2.75, 3.05) is 40.9 Å². The summed E-state index contributed by atoms with van der Waals surface area (Å²) in [4.78, 5) is 25.6. The van der Waals surface area contributed by atoms with Crippen molar-refractivity contribution in [3.63, 3.8) is 0 Å². The molecule has 0 heterocycles. The van der Waals surface area contributed by atoms with Crippen molar-refractivity contribution in [2.45, 2.75) is 347 Å². The van der Waals surface area contributed by atoms with Gasteiger partial charge in [0.2, 0.25) is 5.91 Å². The zero-order valence-corrected chi connectivity index (χ0v) is 51.2. The van der Waals surface area contributed by atoms with Crippen molar-refractivity contribution in [3.8, 4) is 0 Å². The minimum Gasteiger partial charge on any atom is -0.756 e. The van der Waals surface area contributed by atoms with Crippen molar-refractivity contribution < 1.29 is 32.9 Å². The molecular weight excluding hydrogens is 936 g/mol. The topological polar surface area (TPSA) is 108 Å². The zero-order valence-electron chi connectivity index (χ0n) is 50.3. The van der Waals surface area contributed by atoms with E-state index in [9.17, 15) is 19.4 Å². The fourth-order valence-corrected chi connectivity index (χ4v) is 10.8. The Hall–Kier alpha value is -1.02. The Morgan fingerprint density at radius 2 is 0.743 bits per heavy atom. The smallest absolute Gasteiger partial charge is 0.268 e. The van der Waals surface area contributed by atoms with Gasteiger partial charge in [0, 0.05) is 6.42 Å². The van der Waals surface area contributed by atoms with Crippen molar-refractivity contribution in [2.24, 2.45) is 0 Å². The van der Waals surface area contributed by atoms with E-state index in [-0.39, 0.29) is 19.1 Å². The van der Waals surface area contributed by atoms with Crippen molar-refractivity contribution in [1.29, 1.82) is 0 Å². The van der Waals surface area contributed by atoms with Gasteiger partial charge in [0.05, 0.1) is 39.9 Å². The Labute approximate surface area is 462 Å². The number of likely N-dealkylation sites (N-methyl/N-ethyl adjacent to an activating group) is 1. The van der Waals surface area contributed by atoms with Gasteiger partial charge in [-0.25, -0.2) is 0 Å². The summed E-state index contributed by atoms with van der Waals surface area (Å²) in [6.07, 6.45) is 72.8. The molecule has 0 aliphatic carbocycles. The van der Waals surface area contributed by atoms with E-state index in [0.717, 1.165) is 38.5 Å². The van der Waals surface area contributed by atoms with Gasteiger partial charge in [-0.3, -0.25) is 9.36 Å². The molecule has 0 aromatic carbocycles. The first kappa shape index (κ1) is 73.0. The molecule has 1 amide bonds. The van der Waals surface area contributed by atoms with E-state index < -0.39 is 20.0 Å². The van der Waals surface area contributed by atoms with E-state index in [1.807, 2.05) is 27.2 Å². The molecule has 8 nitrogen and oxygen atoms in total. The van der Waals surface area contributed by atoms with E-state index >= 15 is 0 Å². The van der Waals surface area contributed by atoms with Crippen LogP contribution >= 0.6 is 7.82 Å². The number of phosphoric acid groups is 1. The first-order valence-corrected chi connectivity index (χ1v) is 34.2. The monoisotopic (exact) mass is 1060 g/mol. The Bertz CT molecular complexity index is 1260. The van der Waals surface area contributed by atoms with Crippen LogP contribution in [0, 0.1) is 0 Å². The quantitative estimate of drug-likeness (QED) is 0.0272. The molecule has 0 spiro atoms. The minimum atomic E-state index is -4.60. The SMILES string of the molecule is CCCCCCCCCCCCCC/C=C\CCCCCCCCCCCCCCCCCCC(=O)NC(COP(=O)([O-])OCC[N+](C)(C)C)C(O)/C=C/CCCCCCCCCCCCCCCCCCCC. The third-order valence-electron chi connectivity index (χ3n) is 15.2. The number of amides is 1. The van der Waals surface area contributed by atoms with Gasteiger partial charge < -0.3 is 28.8 Å². The minimum absolute atomic E-state index is 0.00153. The molecule has 0 saturated heterocycles. The van der Waals surface area contributed by atoms with E-state index in [1.165, 1.54) is 276 Å². The Kier molecular flexibility index (Phi) is 55.9. The molecule has 440 valence electrons. The highest BCUT2D eigenvalue weighted by atomic mass is 31.2. The Balaban J connectivity index is 4.04. The van der Waals surface area contributed by atoms with E-state index in [0.29, 0.717) is 17.4 Å². The Morgan fingerprint density at radius 1 is 0.459 bits per heavy atom. The molecule has 9 heteroatoms. The Morgan fingerprint density at radius 3 is 1.05 bits per heavy atom. The lowest BCUT2D eigenvalue weighted by atomic mass is 10.0. The molecule has 0 bridgehead atoms. The predicted octanol–water partition coefficient (Wildman–Crippen LogP) is 19.7. The summed E-state index contributed by atoms with van der Waals surface area (Å²) in [5, 5.41) is 13.9. The van der Waals surface area contributed by atoms with Gasteiger partial charge in [-0.05, 0) is 44.9 Å². The van der Waals surface area contributed by atoms with E-state index in [4.69, 9.17) is 9.05 Å². The van der Waals surface area contributed by atoms with Crippen LogP contribution in [0.5, 0.6) is 0 Å². The number of carbonyl (C=O) groups excluding carboxylic acids is 1. The number of hydrogen-bond acceptors (Lipinski definition) is 6. The molecule has 0 aromatic rings. The molecule has 0 aliphatic heterocycles. The average Bonchev–Trinajstić information content (AvgIpc) is 3.36. The highest BCUT2D eigenvalue weighted by Crippen LogP contribution is 2.38. The number of quaternary nitrogens is 1. The highest BCUT2D eigenvalue weighted by Gasteiger charge is 2.23. The summed E-state index contributed by atoms with van der Waals surface area (Å²) in [6, 6.07) is -0.885. The maximum atomic E-state index is 13.0. The number of aliphatic hydroxyl groups is 1. The second kappa shape index (κ2) is 56.7. The van der Waals surface area contributed by atoms with Gasteiger partial charge in [0.25, 0.3) is 7.82 Å². The fourth-order valence-electron chi connectivity index (χ4n) is 10.0. The standard InChI is InChI=1S/C65H129N2O6P/c1-6-8-10-12-14-16-18-20-22-24-26-28-29-30-31-32-33-34-35-36-37-38-39-41-43-45-47-49-51-53-55-57-59-65(69)66-63(62-73-74(70,71)72-61-60-67(3,4)5)64(68)58-56-54-52-50-48-46-44-42-40-27-25-23-21-19-17-15-13-11-9-7-2/h30-31,56,58,63-64,68H,6-29,32-55,57,59-62H2,1-5H3,(H-,66,69,70,71)/b31-30-,58-56+. The van der Waals surface area contributed by atoms with Crippen LogP contribution in [-0.4, -0.2) is 68.5 Å². The lowest BCUT2D eigenvalue weighted by Gasteiger charge is -2.29. The fraction of sp³-hybridized carbons (Fsp3) is 0.923. The molecule has 0 rings (SSSR count). The number of nitrogens with one attached hydrogen (secondary N) is 1. The number of nitrogens with zero attached hydrogens (tertiary/aromatic N) is 1. The summed E-state index contributed by atoms with van der Waals surface area (Å²) in [5.74, 6) is -0.191. The normalized spacial score (nSPS) is 13.9. The molecule has 0 fully saturated rings. The van der Waals surface area contributed by atoms with Gasteiger partial charge >= 0.3 is 0 Å². The summed E-state index contributed by atoms with van der Waals surface area (Å²) in [7, 11) is 1.28. The largest absolute Gasteiger partial charge is 0.756 e. The number of hydrogen-bond donors (Lipinski definition) is 2. The molecule has 3 atom stereocenters. The molecule has 0 aliphatic rings. The first-order chi connectivity index (χ1) is 36.0. The summed E-state index contributed by atoms with van der Waals surface area (Å²) >= 11 is 0. The van der Waals surface area contributed by atoms with Crippen LogP contribution in [0.25, 0.3) is 0 Å². The summed E-state index contributed by atoms with van der Waals surface area (Å²) in [5.41, 5.74) is 0. The molecular formula is C65H129N2O6P. The number of allylic oxidation sites excluding steroid dienone is 3. The molecule has 2 N–H and O–H groups in total. The van der Waals surface area contributed by atoms with Crippen LogP contribution in [0.2, 0.25) is 0 Å². The lowest BCUT2D eigenvalue weighted by molar-refractivity contribution is -0.870. The van der Waals surface area contributed by atoms with Gasteiger partial charge in [-0.1, -0.05) is 308 Å². The summed E-state index contributed by atoms with van der Waals surface area (Å²) < 4.78 is 23.4. The maximum absolute atomic E-state index is 13.0. The second-order valence-corrected chi connectivity index (χ2v) is 25.2. The van der Waals surface area contributed by atoms with Gasteiger partial charge in [0.1, 0.15) is 13.2 Å². The summed E-state index contributed by atoms with van der Waals surface area (Å²) in [6.45, 7) is 4.70. The average molecular weight is 1070 g/mol. The van der Waals surface area contributed by atoms with Crippen LogP contribution < -0.4 is 10.2 Å². The van der Waals surface area contributed by atoms with E-state index in [1.54, 1.807) is 6.08 Å². The molecule has 0 saturated carbocycles. The number of carbonyl (C=O) groups is 1. The number of aliphatic hydroxyl groups excluding tert-OH is 1. The van der Waals surface area contributed by atoms with Crippen molar-refractivity contribution >= 4 is 13.7 Å². The van der Waals surface area contributed by atoms with Crippen molar-refractivity contribution in [3.05, 3.63) is 24.3 Å². The van der Waals surface area contributed by atoms with Crippen LogP contribution in [-0.2, 0) is 18.4 Å². The van der Waals surface area contributed by atoms with Gasteiger partial charge in [0.15, 0.2) is 0 Å². The van der Waals surface area contributed by atoms with E-state index in [2.05, 4.69) is 31.3 Å². The third-order valence-corrected chi connectivity index (χ3v) is 16.1. The first-order valence-electron chi connectivity index (χ1n) is 32.7. The molecule has 0 radical (unpaired) electrons. The van der Waals surface area contributed by atoms with Gasteiger partial charge in [-0.2, -0.15) is 0 Å². The van der Waals surface area contributed by atoms with Crippen LogP contribution in [0.1, 0.15) is 335 Å². The number of phosphoric ester groups is 1. The second-order valence-electron chi connectivity index (χ2n) is 23.8. The van der Waals surface area contributed by atoms with Crippen LogP contribution in [0.4, 0.5) is 0 Å². The predicted molar refractivity (Wildman–Crippen MR) is 321 cm³/mol. The molecule has 3 unspecified atom stereocenters. The lowest BCUT2D eigenvalue weighted by Crippen LogP contribution is -2.45. The number of unbranched alkanes of at least 4 members (excludes halogenated alkanes) is 46. The van der Waals surface area contributed by atoms with Crippen LogP contribution in [0.15, 0.2) is 24.3 Å². The maximum Gasteiger partial charge on any atom is 0.268 e. The highest BCUT2D eigenvalue weighted by molar-refractivity contribution is 7.45. The molecule has 0 aromatic heterocycles. The zero-order chi connectivity index (χ0) is 54.2. The van der Waals surface area contributed by atoms with Crippen LogP contribution in [0.3, 0.4) is 0 Å².